The van der Waals surface area contributed by atoms with E-state index in [9.17, 15) is 4.79 Å². The van der Waals surface area contributed by atoms with Crippen molar-refractivity contribution in [2.24, 2.45) is 0 Å². The first-order chi connectivity index (χ1) is 14.8. The summed E-state index contributed by atoms with van der Waals surface area (Å²) in [7, 11) is 0. The minimum absolute atomic E-state index is 0.109. The predicted molar refractivity (Wildman–Crippen MR) is 126 cm³/mol. The van der Waals surface area contributed by atoms with Gasteiger partial charge in [0.25, 0.3) is 0 Å². The number of benzene rings is 1. The third-order valence-electron chi connectivity index (χ3n) is 5.89. The average molecular weight is 415 g/mol. The lowest BCUT2D eigenvalue weighted by Gasteiger charge is -2.20. The maximum atomic E-state index is 11.9. The van der Waals surface area contributed by atoms with Crippen LogP contribution in [0.5, 0.6) is 5.75 Å². The summed E-state index contributed by atoms with van der Waals surface area (Å²) in [5.74, 6) is 0.663. The lowest BCUT2D eigenvalue weighted by Crippen LogP contribution is -2.19. The van der Waals surface area contributed by atoms with Gasteiger partial charge in [-0.15, -0.1) is 0 Å². The molecule has 0 aromatic heterocycles. The monoisotopic (exact) mass is 414 g/mol. The van der Waals surface area contributed by atoms with Gasteiger partial charge in [-0.1, -0.05) is 83.3 Å². The van der Waals surface area contributed by atoms with Gasteiger partial charge in [0, 0.05) is 6.08 Å². The molecule has 2 rings (SSSR count). The van der Waals surface area contributed by atoms with E-state index in [2.05, 4.69) is 6.92 Å². The van der Waals surface area contributed by atoms with Crippen LogP contribution in [-0.2, 0) is 9.53 Å². The van der Waals surface area contributed by atoms with Crippen molar-refractivity contribution in [3.63, 3.8) is 0 Å². The minimum Gasteiger partial charge on any atom is -0.494 e. The molecular weight excluding hydrogens is 372 g/mol. The van der Waals surface area contributed by atoms with E-state index in [-0.39, 0.29) is 12.1 Å². The average Bonchev–Trinajstić information content (AvgIpc) is 2.77. The molecular formula is C27H42O3. The quantitative estimate of drug-likeness (QED) is 0.166. The van der Waals surface area contributed by atoms with Crippen molar-refractivity contribution in [2.75, 3.05) is 6.61 Å². The van der Waals surface area contributed by atoms with Gasteiger partial charge in [-0.25, -0.2) is 4.79 Å². The molecule has 0 N–H and O–H groups in total. The molecule has 0 saturated heterocycles. The van der Waals surface area contributed by atoms with E-state index in [1.54, 1.807) is 0 Å². The molecule has 1 aliphatic rings. The second-order valence-corrected chi connectivity index (χ2v) is 8.63. The molecule has 0 amide bonds. The molecule has 0 bridgehead atoms. The highest BCUT2D eigenvalue weighted by Gasteiger charge is 2.16. The van der Waals surface area contributed by atoms with E-state index in [4.69, 9.17) is 9.47 Å². The summed E-state index contributed by atoms with van der Waals surface area (Å²) < 4.78 is 11.4. The van der Waals surface area contributed by atoms with Crippen LogP contribution in [0.15, 0.2) is 30.3 Å². The summed E-state index contributed by atoms with van der Waals surface area (Å²) >= 11 is 0. The first kappa shape index (κ1) is 24.5. The predicted octanol–water partition coefficient (Wildman–Crippen LogP) is 7.88. The fourth-order valence-corrected chi connectivity index (χ4v) is 4.01. The molecule has 168 valence electrons. The number of esters is 1. The molecule has 3 nitrogen and oxygen atoms in total. The Bertz CT molecular complexity index is 585. The number of hydrogen-bond donors (Lipinski definition) is 0. The number of rotatable bonds is 15. The van der Waals surface area contributed by atoms with Crippen molar-refractivity contribution >= 4 is 12.0 Å². The smallest absolute Gasteiger partial charge is 0.331 e. The summed E-state index contributed by atoms with van der Waals surface area (Å²) in [6.07, 6.45) is 22.4. The van der Waals surface area contributed by atoms with E-state index >= 15 is 0 Å². The van der Waals surface area contributed by atoms with Crippen molar-refractivity contribution in [1.82, 2.24) is 0 Å². The van der Waals surface area contributed by atoms with Crippen molar-refractivity contribution in [3.8, 4) is 5.75 Å². The Kier molecular flexibility index (Phi) is 13.1. The summed E-state index contributed by atoms with van der Waals surface area (Å²) in [6, 6.07) is 7.92. The van der Waals surface area contributed by atoms with Gasteiger partial charge in [-0.2, -0.15) is 0 Å². The van der Waals surface area contributed by atoms with E-state index in [0.29, 0.717) is 0 Å². The highest BCUT2D eigenvalue weighted by atomic mass is 16.5. The van der Waals surface area contributed by atoms with Crippen LogP contribution in [0.3, 0.4) is 0 Å². The van der Waals surface area contributed by atoms with Crippen molar-refractivity contribution in [3.05, 3.63) is 35.9 Å². The molecule has 0 aliphatic heterocycles. The van der Waals surface area contributed by atoms with Crippen LogP contribution < -0.4 is 4.74 Å². The number of hydrogen-bond acceptors (Lipinski definition) is 3. The molecule has 0 atom stereocenters. The van der Waals surface area contributed by atoms with E-state index in [1.807, 2.05) is 30.3 Å². The summed E-state index contributed by atoms with van der Waals surface area (Å²) in [6.45, 7) is 3.05. The van der Waals surface area contributed by atoms with Crippen LogP contribution >= 0.6 is 0 Å². The normalized spacial score (nSPS) is 14.8. The van der Waals surface area contributed by atoms with Gasteiger partial charge < -0.3 is 9.47 Å². The zero-order chi connectivity index (χ0) is 21.3. The first-order valence-corrected chi connectivity index (χ1v) is 12.4. The third-order valence-corrected chi connectivity index (χ3v) is 5.89. The minimum atomic E-state index is -0.233. The van der Waals surface area contributed by atoms with Crippen LogP contribution in [0.25, 0.3) is 6.08 Å². The summed E-state index contributed by atoms with van der Waals surface area (Å²) in [4.78, 5) is 11.9. The van der Waals surface area contributed by atoms with Crippen LogP contribution in [0, 0.1) is 0 Å². The maximum Gasteiger partial charge on any atom is 0.331 e. The summed E-state index contributed by atoms with van der Waals surface area (Å²) in [5, 5.41) is 0. The topological polar surface area (TPSA) is 35.5 Å². The molecule has 0 heterocycles. The van der Waals surface area contributed by atoms with Crippen molar-refractivity contribution in [1.29, 1.82) is 0 Å². The molecule has 1 fully saturated rings. The molecule has 1 aromatic carbocycles. The highest BCUT2D eigenvalue weighted by Crippen LogP contribution is 2.21. The maximum absolute atomic E-state index is 11.9. The van der Waals surface area contributed by atoms with E-state index in [0.717, 1.165) is 37.2 Å². The van der Waals surface area contributed by atoms with E-state index < -0.39 is 0 Å². The second-order valence-electron chi connectivity index (χ2n) is 8.63. The Labute approximate surface area is 184 Å². The zero-order valence-electron chi connectivity index (χ0n) is 19.1. The Balaban J connectivity index is 1.51. The van der Waals surface area contributed by atoms with Crippen molar-refractivity contribution in [2.45, 2.75) is 109 Å². The SMILES string of the molecule is CCCCCCCCCCCCOc1ccc(C=CC(=O)OC2CCCCC2)cc1. The van der Waals surface area contributed by atoms with Gasteiger partial charge in [0.15, 0.2) is 0 Å². The zero-order valence-corrected chi connectivity index (χ0v) is 19.1. The van der Waals surface area contributed by atoms with Gasteiger partial charge in [0.05, 0.1) is 6.61 Å². The Morgan fingerprint density at radius 2 is 1.47 bits per heavy atom. The molecule has 1 aliphatic carbocycles. The molecule has 1 saturated carbocycles. The number of carbonyl (C=O) groups is 1. The Morgan fingerprint density at radius 1 is 0.867 bits per heavy atom. The lowest BCUT2D eigenvalue weighted by atomic mass is 9.98. The Morgan fingerprint density at radius 3 is 2.10 bits per heavy atom. The van der Waals surface area contributed by atoms with Crippen molar-refractivity contribution < 1.29 is 14.3 Å². The van der Waals surface area contributed by atoms with Crippen LogP contribution in [0.4, 0.5) is 0 Å². The molecule has 1 aromatic rings. The lowest BCUT2D eigenvalue weighted by molar-refractivity contribution is -0.144. The largest absolute Gasteiger partial charge is 0.494 e. The van der Waals surface area contributed by atoms with Gasteiger partial charge in [-0.3, -0.25) is 0 Å². The second kappa shape index (κ2) is 16.0. The number of unbranched alkanes of at least 4 members (excludes halogenated alkanes) is 9. The van der Waals surface area contributed by atoms with E-state index in [1.165, 1.54) is 83.1 Å². The molecule has 30 heavy (non-hydrogen) atoms. The van der Waals surface area contributed by atoms with Crippen LogP contribution in [-0.4, -0.2) is 18.7 Å². The molecule has 0 spiro atoms. The summed E-state index contributed by atoms with van der Waals surface area (Å²) in [5.41, 5.74) is 0.988. The van der Waals surface area contributed by atoms with Gasteiger partial charge in [-0.05, 0) is 55.9 Å². The number of carbonyl (C=O) groups excluding carboxylic acids is 1. The number of ether oxygens (including phenoxy) is 2. The van der Waals surface area contributed by atoms with Crippen LogP contribution in [0.1, 0.15) is 109 Å². The van der Waals surface area contributed by atoms with Gasteiger partial charge in [0.1, 0.15) is 11.9 Å². The standard InChI is InChI=1S/C27H42O3/c1-2-3-4-5-6-7-8-9-10-14-23-29-25-20-17-24(18-21-25)19-22-27(28)30-26-15-12-11-13-16-26/h17-22,26H,2-16,23H2,1H3. The fourth-order valence-electron chi connectivity index (χ4n) is 4.01. The highest BCUT2D eigenvalue weighted by molar-refractivity contribution is 5.87. The molecule has 3 heteroatoms. The Hall–Kier alpha value is -1.77. The molecule has 0 unspecified atom stereocenters. The fraction of sp³-hybridized carbons (Fsp3) is 0.667. The third kappa shape index (κ3) is 11.4. The molecule has 0 radical (unpaired) electrons. The van der Waals surface area contributed by atoms with Gasteiger partial charge >= 0.3 is 5.97 Å². The first-order valence-electron chi connectivity index (χ1n) is 12.4. The van der Waals surface area contributed by atoms with Gasteiger partial charge in [0.2, 0.25) is 0 Å². The van der Waals surface area contributed by atoms with Crippen LogP contribution in [0.2, 0.25) is 0 Å².